The van der Waals surface area contributed by atoms with Crippen LogP contribution in [0.3, 0.4) is 0 Å². The number of aromatic nitrogens is 3. The van der Waals surface area contributed by atoms with Crippen LogP contribution in [0.1, 0.15) is 50.5 Å². The van der Waals surface area contributed by atoms with Gasteiger partial charge in [-0.15, -0.1) is 0 Å². The smallest absolute Gasteiger partial charge is 0.339 e. The van der Waals surface area contributed by atoms with Crippen molar-refractivity contribution in [3.63, 3.8) is 0 Å². The van der Waals surface area contributed by atoms with Crippen LogP contribution in [0.25, 0.3) is 22.3 Å². The predicted molar refractivity (Wildman–Crippen MR) is 116 cm³/mol. The molecular formula is C23H28N4O3. The predicted octanol–water partition coefficient (Wildman–Crippen LogP) is 4.00. The molecule has 0 aliphatic heterocycles. The summed E-state index contributed by atoms with van der Waals surface area (Å²) in [6.07, 6.45) is 2.50. The summed E-state index contributed by atoms with van der Waals surface area (Å²) in [4.78, 5) is 29.6. The molecule has 7 nitrogen and oxygen atoms in total. The minimum absolute atomic E-state index is 0.0802. The number of carbonyl (C=O) groups is 2. The fraction of sp³-hybridized carbons (Fsp3) is 0.391. The summed E-state index contributed by atoms with van der Waals surface area (Å²) in [6.45, 7) is 8.42. The summed E-state index contributed by atoms with van der Waals surface area (Å²) in [5.41, 5.74) is 2.50. The Morgan fingerprint density at radius 3 is 2.53 bits per heavy atom. The lowest BCUT2D eigenvalue weighted by Crippen LogP contribution is -2.30. The number of carbonyl (C=O) groups excluding carboxylic acids is 2. The van der Waals surface area contributed by atoms with Gasteiger partial charge in [0.25, 0.3) is 5.91 Å². The number of hydrogen-bond acceptors (Lipinski definition) is 5. The number of hydrogen-bond donors (Lipinski definition) is 1. The minimum atomic E-state index is -0.568. The van der Waals surface area contributed by atoms with Gasteiger partial charge in [0.2, 0.25) is 0 Å². The first-order valence-corrected chi connectivity index (χ1v) is 10.2. The van der Waals surface area contributed by atoms with E-state index in [0.29, 0.717) is 34.8 Å². The van der Waals surface area contributed by atoms with Gasteiger partial charge in [0.15, 0.2) is 12.3 Å². The summed E-state index contributed by atoms with van der Waals surface area (Å²) < 4.78 is 7.08. The Bertz CT molecular complexity index is 1030. The molecule has 0 spiro atoms. The number of benzene rings is 1. The average Bonchev–Trinajstić information content (AvgIpc) is 3.16. The van der Waals surface area contributed by atoms with Crippen LogP contribution in [0.2, 0.25) is 0 Å². The number of nitrogens with one attached hydrogen (secondary N) is 1. The quantitative estimate of drug-likeness (QED) is 0.570. The maximum Gasteiger partial charge on any atom is 0.339 e. The minimum Gasteiger partial charge on any atom is -0.452 e. The Morgan fingerprint density at radius 2 is 1.87 bits per heavy atom. The van der Waals surface area contributed by atoms with Crippen LogP contribution in [-0.4, -0.2) is 39.8 Å². The molecule has 0 unspecified atom stereocenters. The van der Waals surface area contributed by atoms with Gasteiger partial charge in [-0.25, -0.2) is 14.5 Å². The first-order valence-electron chi connectivity index (χ1n) is 10.2. The number of fused-ring (bicyclic) bond motifs is 1. The van der Waals surface area contributed by atoms with E-state index in [1.54, 1.807) is 16.9 Å². The lowest BCUT2D eigenvalue weighted by molar-refractivity contribution is -0.124. The molecule has 0 saturated heterocycles. The lowest BCUT2D eigenvalue weighted by Gasteiger charge is -2.11. The van der Waals surface area contributed by atoms with E-state index >= 15 is 0 Å². The van der Waals surface area contributed by atoms with Crippen LogP contribution in [0.5, 0.6) is 0 Å². The van der Waals surface area contributed by atoms with Gasteiger partial charge in [-0.1, -0.05) is 44.2 Å². The molecule has 0 bridgehead atoms. The number of rotatable bonds is 8. The van der Waals surface area contributed by atoms with Crippen molar-refractivity contribution in [2.45, 2.75) is 40.2 Å². The molecule has 0 atom stereocenters. The van der Waals surface area contributed by atoms with Gasteiger partial charge in [0.05, 0.1) is 22.8 Å². The van der Waals surface area contributed by atoms with Gasteiger partial charge in [-0.2, -0.15) is 5.10 Å². The molecule has 30 heavy (non-hydrogen) atoms. The second kappa shape index (κ2) is 9.52. The van der Waals surface area contributed by atoms with E-state index in [0.717, 1.165) is 12.0 Å². The van der Waals surface area contributed by atoms with E-state index in [1.807, 2.05) is 44.2 Å². The van der Waals surface area contributed by atoms with Crippen LogP contribution in [0.15, 0.2) is 42.6 Å². The second-order valence-electron chi connectivity index (χ2n) is 7.95. The SMILES string of the molecule is CC(C)CCNC(=O)COC(=O)c1cc(-c2ccccc2)nc2c1cnn2C(C)C. The molecule has 1 aromatic carbocycles. The lowest BCUT2D eigenvalue weighted by atomic mass is 10.1. The fourth-order valence-electron chi connectivity index (χ4n) is 3.08. The topological polar surface area (TPSA) is 86.1 Å². The molecule has 0 radical (unpaired) electrons. The maximum atomic E-state index is 12.8. The molecule has 2 aromatic heterocycles. The van der Waals surface area contributed by atoms with Crippen molar-refractivity contribution in [3.8, 4) is 11.3 Å². The maximum absolute atomic E-state index is 12.8. The highest BCUT2D eigenvalue weighted by atomic mass is 16.5. The van der Waals surface area contributed by atoms with Crippen molar-refractivity contribution in [1.29, 1.82) is 0 Å². The van der Waals surface area contributed by atoms with Gasteiger partial charge >= 0.3 is 5.97 Å². The highest BCUT2D eigenvalue weighted by Gasteiger charge is 2.20. The Hall–Kier alpha value is -3.22. The van der Waals surface area contributed by atoms with E-state index in [-0.39, 0.29) is 18.6 Å². The van der Waals surface area contributed by atoms with Gasteiger partial charge in [0, 0.05) is 18.2 Å². The summed E-state index contributed by atoms with van der Waals surface area (Å²) >= 11 is 0. The first-order chi connectivity index (χ1) is 14.4. The van der Waals surface area contributed by atoms with Crippen molar-refractivity contribution in [3.05, 3.63) is 48.2 Å². The third-order valence-electron chi connectivity index (χ3n) is 4.72. The van der Waals surface area contributed by atoms with Crippen LogP contribution in [0, 0.1) is 5.92 Å². The summed E-state index contributed by atoms with van der Waals surface area (Å²) in [5, 5.41) is 7.77. The van der Waals surface area contributed by atoms with Crippen molar-refractivity contribution in [2.75, 3.05) is 13.2 Å². The van der Waals surface area contributed by atoms with Gasteiger partial charge in [0.1, 0.15) is 0 Å². The molecule has 1 amide bonds. The van der Waals surface area contributed by atoms with Crippen LogP contribution in [-0.2, 0) is 9.53 Å². The Kier molecular flexibility index (Phi) is 6.82. The van der Waals surface area contributed by atoms with Crippen LogP contribution < -0.4 is 5.32 Å². The molecule has 2 heterocycles. The van der Waals surface area contributed by atoms with Crippen molar-refractivity contribution < 1.29 is 14.3 Å². The molecule has 0 saturated carbocycles. The van der Waals surface area contributed by atoms with E-state index < -0.39 is 5.97 Å². The largest absolute Gasteiger partial charge is 0.452 e. The van der Waals surface area contributed by atoms with Crippen molar-refractivity contribution >= 4 is 22.9 Å². The van der Waals surface area contributed by atoms with Gasteiger partial charge in [-0.05, 0) is 32.3 Å². The van der Waals surface area contributed by atoms with E-state index in [9.17, 15) is 9.59 Å². The van der Waals surface area contributed by atoms with E-state index in [4.69, 9.17) is 9.72 Å². The third-order valence-corrected chi connectivity index (χ3v) is 4.72. The van der Waals surface area contributed by atoms with Crippen molar-refractivity contribution in [1.82, 2.24) is 20.1 Å². The third kappa shape index (κ3) is 5.03. The summed E-state index contributed by atoms with van der Waals surface area (Å²) in [7, 11) is 0. The molecular weight excluding hydrogens is 380 g/mol. The molecule has 0 aliphatic carbocycles. The van der Waals surface area contributed by atoms with Crippen LogP contribution >= 0.6 is 0 Å². The van der Waals surface area contributed by atoms with E-state index in [2.05, 4.69) is 24.3 Å². The molecule has 0 aliphatic rings. The molecule has 0 fully saturated rings. The molecule has 158 valence electrons. The Morgan fingerprint density at radius 1 is 1.13 bits per heavy atom. The molecule has 7 heteroatoms. The Labute approximate surface area is 176 Å². The Balaban J connectivity index is 1.86. The van der Waals surface area contributed by atoms with Gasteiger partial charge in [-0.3, -0.25) is 4.79 Å². The number of pyridine rings is 1. The molecule has 3 rings (SSSR count). The normalized spacial score (nSPS) is 11.3. The highest BCUT2D eigenvalue weighted by molar-refractivity contribution is 6.04. The molecule has 1 N–H and O–H groups in total. The number of nitrogens with zero attached hydrogens (tertiary/aromatic N) is 3. The average molecular weight is 409 g/mol. The van der Waals surface area contributed by atoms with E-state index in [1.165, 1.54) is 0 Å². The molecule has 3 aromatic rings. The standard InChI is InChI=1S/C23H28N4O3/c1-15(2)10-11-24-21(28)14-30-23(29)18-12-20(17-8-6-5-7-9-17)26-22-19(18)13-25-27(22)16(3)4/h5-9,12-13,15-16H,10-11,14H2,1-4H3,(H,24,28). The number of amides is 1. The second-order valence-corrected chi connectivity index (χ2v) is 7.95. The van der Waals surface area contributed by atoms with Crippen molar-refractivity contribution in [2.24, 2.45) is 5.92 Å². The zero-order chi connectivity index (χ0) is 21.7. The number of ether oxygens (including phenoxy) is 1. The highest BCUT2D eigenvalue weighted by Crippen LogP contribution is 2.26. The first kappa shape index (κ1) is 21.5. The number of esters is 1. The summed E-state index contributed by atoms with van der Waals surface area (Å²) in [6, 6.07) is 11.4. The summed E-state index contributed by atoms with van der Waals surface area (Å²) in [5.74, 6) is -0.385. The van der Waals surface area contributed by atoms with Crippen LogP contribution in [0.4, 0.5) is 0 Å². The van der Waals surface area contributed by atoms with Gasteiger partial charge < -0.3 is 10.1 Å². The fourth-order valence-corrected chi connectivity index (χ4v) is 3.08. The monoisotopic (exact) mass is 408 g/mol. The zero-order valence-corrected chi connectivity index (χ0v) is 17.9. The zero-order valence-electron chi connectivity index (χ0n) is 17.9.